The van der Waals surface area contributed by atoms with E-state index in [1.54, 1.807) is 17.9 Å². The van der Waals surface area contributed by atoms with Gasteiger partial charge in [0, 0.05) is 43.8 Å². The highest BCUT2D eigenvalue weighted by molar-refractivity contribution is 6.19. The Kier molecular flexibility index (Phi) is 2.67. The summed E-state index contributed by atoms with van der Waals surface area (Å²) in [5, 5.41) is 10.0. The first kappa shape index (κ1) is 12.3. The highest BCUT2D eigenvalue weighted by atomic mass is 35.5. The summed E-state index contributed by atoms with van der Waals surface area (Å²) in [6.07, 6.45) is 0. The second-order valence-corrected chi connectivity index (χ2v) is 5.03. The van der Waals surface area contributed by atoms with Crippen LogP contribution in [0.15, 0.2) is 10.5 Å². The van der Waals surface area contributed by atoms with Crippen LogP contribution in [-0.2, 0) is 4.79 Å². The maximum Gasteiger partial charge on any atom is 0.223 e. The molecule has 2 aromatic rings. The summed E-state index contributed by atoms with van der Waals surface area (Å²) in [4.78, 5) is 17.6. The van der Waals surface area contributed by atoms with Crippen molar-refractivity contribution in [3.8, 4) is 5.75 Å². The first-order chi connectivity index (χ1) is 9.02. The molecule has 0 saturated carbocycles. The van der Waals surface area contributed by atoms with Gasteiger partial charge in [0.1, 0.15) is 5.52 Å². The van der Waals surface area contributed by atoms with Crippen LogP contribution < -0.4 is 4.90 Å². The van der Waals surface area contributed by atoms with E-state index < -0.39 is 0 Å². The Balaban J connectivity index is 2.34. The molecule has 1 atom stereocenters. The molecule has 0 saturated heterocycles. The van der Waals surface area contributed by atoms with Gasteiger partial charge in [-0.2, -0.15) is 0 Å². The number of phenolic OH excluding ortho intramolecular Hbond substituents is 1. The van der Waals surface area contributed by atoms with Gasteiger partial charge in [-0.05, 0) is 0 Å². The number of aryl methyl sites for hydroxylation is 1. The molecule has 19 heavy (non-hydrogen) atoms. The third-order valence-electron chi connectivity index (χ3n) is 3.44. The molecule has 0 radical (unpaired) electrons. The summed E-state index contributed by atoms with van der Waals surface area (Å²) in [5.74, 6) is 0.799. The van der Waals surface area contributed by atoms with E-state index in [1.807, 2.05) is 0 Å². The minimum atomic E-state index is -0.0761. The van der Waals surface area contributed by atoms with E-state index in [0.29, 0.717) is 35.1 Å². The van der Waals surface area contributed by atoms with Gasteiger partial charge in [-0.25, -0.2) is 4.98 Å². The molecule has 1 aromatic heterocycles. The first-order valence-corrected chi connectivity index (χ1v) is 6.53. The predicted molar refractivity (Wildman–Crippen MR) is 71.9 cm³/mol. The van der Waals surface area contributed by atoms with E-state index in [1.165, 1.54) is 6.92 Å². The molecule has 0 spiro atoms. The van der Waals surface area contributed by atoms with Crippen molar-refractivity contribution in [1.29, 1.82) is 0 Å². The summed E-state index contributed by atoms with van der Waals surface area (Å²) < 4.78 is 5.40. The van der Waals surface area contributed by atoms with Crippen LogP contribution in [0.2, 0.25) is 0 Å². The Hall–Kier alpha value is -1.75. The van der Waals surface area contributed by atoms with Crippen LogP contribution in [0.25, 0.3) is 11.1 Å². The largest absolute Gasteiger partial charge is 0.504 e. The van der Waals surface area contributed by atoms with E-state index in [4.69, 9.17) is 16.0 Å². The molecule has 3 rings (SSSR count). The number of benzene rings is 1. The van der Waals surface area contributed by atoms with Crippen molar-refractivity contribution in [3.63, 3.8) is 0 Å². The number of oxazole rings is 1. The number of alkyl halides is 1. The zero-order valence-corrected chi connectivity index (χ0v) is 11.4. The van der Waals surface area contributed by atoms with Crippen LogP contribution in [0.4, 0.5) is 5.69 Å². The van der Waals surface area contributed by atoms with Crippen molar-refractivity contribution >= 4 is 34.3 Å². The smallest absolute Gasteiger partial charge is 0.223 e. The van der Waals surface area contributed by atoms with Gasteiger partial charge < -0.3 is 14.4 Å². The number of halogens is 1. The van der Waals surface area contributed by atoms with Crippen molar-refractivity contribution in [2.45, 2.75) is 19.8 Å². The van der Waals surface area contributed by atoms with Crippen LogP contribution in [0.1, 0.15) is 24.3 Å². The van der Waals surface area contributed by atoms with Crippen LogP contribution in [-0.4, -0.2) is 28.4 Å². The Bertz CT molecular complexity index is 680. The third kappa shape index (κ3) is 1.69. The standard InChI is InChI=1S/C13H13ClN2O3/c1-6-15-12-11-8(4-14)5-16(7(2)17)9(11)3-10(18)13(12)19-6/h3,8,18H,4-5H2,1-2H3. The molecule has 5 nitrogen and oxygen atoms in total. The van der Waals surface area contributed by atoms with Gasteiger partial charge in [0.25, 0.3) is 0 Å². The maximum atomic E-state index is 11.7. The number of aromatic nitrogens is 1. The lowest BCUT2D eigenvalue weighted by molar-refractivity contribution is -0.116. The normalized spacial score (nSPS) is 18.1. The number of rotatable bonds is 1. The number of phenols is 1. The fraction of sp³-hybridized carbons (Fsp3) is 0.385. The SMILES string of the molecule is CC(=O)N1CC(CCl)c2c1cc(O)c1oc(C)nc21. The van der Waals surface area contributed by atoms with Crippen molar-refractivity contribution in [1.82, 2.24) is 4.98 Å². The molecule has 0 aliphatic carbocycles. The fourth-order valence-corrected chi connectivity index (χ4v) is 2.89. The molecule has 2 heterocycles. The highest BCUT2D eigenvalue weighted by Crippen LogP contribution is 2.45. The summed E-state index contributed by atoms with van der Waals surface area (Å²) in [7, 11) is 0. The van der Waals surface area contributed by atoms with Gasteiger partial charge in [-0.15, -0.1) is 11.6 Å². The van der Waals surface area contributed by atoms with Gasteiger partial charge in [-0.3, -0.25) is 4.79 Å². The van der Waals surface area contributed by atoms with Gasteiger partial charge >= 0.3 is 0 Å². The second kappa shape index (κ2) is 4.13. The Morgan fingerprint density at radius 3 is 3.05 bits per heavy atom. The van der Waals surface area contributed by atoms with Crippen LogP contribution in [0, 0.1) is 6.92 Å². The number of carbonyl (C=O) groups excluding carboxylic acids is 1. The van der Waals surface area contributed by atoms with E-state index >= 15 is 0 Å². The molecule has 100 valence electrons. The number of hydrogen-bond acceptors (Lipinski definition) is 4. The van der Waals surface area contributed by atoms with Crippen LogP contribution in [0.5, 0.6) is 5.75 Å². The summed E-state index contributed by atoms with van der Waals surface area (Å²) >= 11 is 5.99. The molecular weight excluding hydrogens is 268 g/mol. The number of nitrogens with zero attached hydrogens (tertiary/aromatic N) is 2. The average Bonchev–Trinajstić information content (AvgIpc) is 2.89. The molecule has 1 aliphatic rings. The van der Waals surface area contributed by atoms with Gasteiger partial charge in [0.15, 0.2) is 17.2 Å². The Labute approximate surface area is 114 Å². The molecule has 1 aliphatic heterocycles. The lowest BCUT2D eigenvalue weighted by atomic mass is 10.0. The van der Waals surface area contributed by atoms with Crippen LogP contribution >= 0.6 is 11.6 Å². The summed E-state index contributed by atoms with van der Waals surface area (Å²) in [6, 6.07) is 1.55. The monoisotopic (exact) mass is 280 g/mol. The number of hydrogen-bond donors (Lipinski definition) is 1. The predicted octanol–water partition coefficient (Wildman–Crippen LogP) is 2.53. The number of amides is 1. The van der Waals surface area contributed by atoms with E-state index in [-0.39, 0.29) is 17.6 Å². The number of anilines is 1. The van der Waals surface area contributed by atoms with E-state index in [0.717, 1.165) is 5.56 Å². The second-order valence-electron chi connectivity index (χ2n) is 4.72. The highest BCUT2D eigenvalue weighted by Gasteiger charge is 2.34. The van der Waals surface area contributed by atoms with Crippen LogP contribution in [0.3, 0.4) is 0 Å². The molecule has 1 N–H and O–H groups in total. The topological polar surface area (TPSA) is 66.6 Å². The van der Waals surface area contributed by atoms with E-state index in [9.17, 15) is 9.90 Å². The Morgan fingerprint density at radius 2 is 2.42 bits per heavy atom. The Morgan fingerprint density at radius 1 is 1.68 bits per heavy atom. The van der Waals surface area contributed by atoms with Crippen molar-refractivity contribution in [2.24, 2.45) is 0 Å². The minimum Gasteiger partial charge on any atom is -0.504 e. The summed E-state index contributed by atoms with van der Waals surface area (Å²) in [5.41, 5.74) is 2.52. The van der Waals surface area contributed by atoms with Crippen molar-refractivity contribution in [2.75, 3.05) is 17.3 Å². The molecule has 1 unspecified atom stereocenters. The minimum absolute atomic E-state index is 0.00387. The zero-order valence-electron chi connectivity index (χ0n) is 10.6. The van der Waals surface area contributed by atoms with E-state index in [2.05, 4.69) is 4.98 Å². The number of fused-ring (bicyclic) bond motifs is 3. The quantitative estimate of drug-likeness (QED) is 0.815. The zero-order chi connectivity index (χ0) is 13.7. The maximum absolute atomic E-state index is 11.7. The molecule has 0 bridgehead atoms. The molecule has 1 amide bonds. The van der Waals surface area contributed by atoms with Gasteiger partial charge in [0.2, 0.25) is 5.91 Å². The fourth-order valence-electron chi connectivity index (χ4n) is 2.64. The number of aromatic hydroxyl groups is 1. The average molecular weight is 281 g/mol. The molecule has 0 fully saturated rings. The van der Waals surface area contributed by atoms with Gasteiger partial charge in [0.05, 0.1) is 5.69 Å². The molecule has 6 heteroatoms. The van der Waals surface area contributed by atoms with Crippen molar-refractivity contribution < 1.29 is 14.3 Å². The molecular formula is C13H13ClN2O3. The van der Waals surface area contributed by atoms with Gasteiger partial charge in [-0.1, -0.05) is 0 Å². The summed E-state index contributed by atoms with van der Waals surface area (Å²) in [6.45, 7) is 3.73. The lowest BCUT2D eigenvalue weighted by Crippen LogP contribution is -2.27. The lowest BCUT2D eigenvalue weighted by Gasteiger charge is -2.14. The third-order valence-corrected chi connectivity index (χ3v) is 3.81. The van der Waals surface area contributed by atoms with Crippen molar-refractivity contribution in [3.05, 3.63) is 17.5 Å². The first-order valence-electron chi connectivity index (χ1n) is 6.00. The number of carbonyl (C=O) groups is 1. The molecule has 1 aromatic carbocycles.